The van der Waals surface area contributed by atoms with Crippen molar-refractivity contribution in [3.8, 4) is 0 Å². The van der Waals surface area contributed by atoms with Crippen LogP contribution in [0.5, 0.6) is 0 Å². The highest BCUT2D eigenvalue weighted by Gasteiger charge is 2.13. The fraction of sp³-hybridized carbons (Fsp3) is 0.310. The van der Waals surface area contributed by atoms with Crippen LogP contribution in [0.3, 0.4) is 0 Å². The number of hydrazine groups is 1. The third-order valence-corrected chi connectivity index (χ3v) is 7.41. The van der Waals surface area contributed by atoms with Gasteiger partial charge in [0.15, 0.2) is 0 Å². The molecule has 1 aromatic heterocycles. The maximum atomic E-state index is 12.6. The summed E-state index contributed by atoms with van der Waals surface area (Å²) in [6.07, 6.45) is 7.90. The summed E-state index contributed by atoms with van der Waals surface area (Å²) in [6.45, 7) is 2.32. The van der Waals surface area contributed by atoms with Gasteiger partial charge in [-0.05, 0) is 62.0 Å². The van der Waals surface area contributed by atoms with Crippen molar-refractivity contribution < 1.29 is 14.6 Å². The summed E-state index contributed by atoms with van der Waals surface area (Å²) < 4.78 is 0. The van der Waals surface area contributed by atoms with Crippen LogP contribution in [0, 0.1) is 0 Å². The van der Waals surface area contributed by atoms with Gasteiger partial charge in [0.2, 0.25) is 16.9 Å². The quantitative estimate of drug-likeness (QED) is 0.147. The Hall–Kier alpha value is -4.00. The molecule has 2 aromatic carbocycles. The molecular formula is C29H36BN7O3S. The molecule has 0 bridgehead atoms. The van der Waals surface area contributed by atoms with Gasteiger partial charge in [-0.1, -0.05) is 65.9 Å². The lowest BCUT2D eigenvalue weighted by Crippen LogP contribution is -2.41. The highest BCUT2D eigenvalue weighted by atomic mass is 32.1. The third kappa shape index (κ3) is 10.2. The van der Waals surface area contributed by atoms with Gasteiger partial charge in [-0.25, -0.2) is 0 Å². The zero-order valence-electron chi connectivity index (χ0n) is 23.4. The topological polar surface area (TPSA) is 132 Å². The van der Waals surface area contributed by atoms with E-state index in [-0.39, 0.29) is 18.2 Å². The summed E-state index contributed by atoms with van der Waals surface area (Å²) in [5, 5.41) is 25.1. The molecule has 3 aromatic rings. The molecule has 41 heavy (non-hydrogen) atoms. The summed E-state index contributed by atoms with van der Waals surface area (Å²) in [4.78, 5) is 26.6. The molecule has 5 N–H and O–H groups in total. The number of carbonyl (C=O) groups is 2. The number of aryl methyl sites for hydroxylation is 1. The summed E-state index contributed by atoms with van der Waals surface area (Å²) in [5.74, 6) is 0.405. The zero-order valence-corrected chi connectivity index (χ0v) is 24.2. The van der Waals surface area contributed by atoms with Crippen LogP contribution in [0.4, 0.5) is 5.13 Å². The van der Waals surface area contributed by atoms with Gasteiger partial charge in [0.1, 0.15) is 10.8 Å². The maximum absolute atomic E-state index is 12.6. The van der Waals surface area contributed by atoms with Gasteiger partial charge in [-0.3, -0.25) is 15.0 Å². The first-order chi connectivity index (χ1) is 19.8. The number of aromatic nitrogens is 2. The van der Waals surface area contributed by atoms with Crippen molar-refractivity contribution in [2.75, 3.05) is 12.4 Å². The van der Waals surface area contributed by atoms with Gasteiger partial charge in [0, 0.05) is 18.7 Å². The number of carbonyl (C=O) groups excluding carboxylic acids is 2. The maximum Gasteiger partial charge on any atom is 0.376 e. The van der Waals surface area contributed by atoms with Crippen molar-refractivity contribution in [2.45, 2.75) is 51.9 Å². The minimum absolute atomic E-state index is 0.0765. The number of unbranched alkanes of at least 4 members (excludes halogenated alkanes) is 1. The van der Waals surface area contributed by atoms with Crippen molar-refractivity contribution in [3.63, 3.8) is 0 Å². The lowest BCUT2D eigenvalue weighted by molar-refractivity contribution is -0.120. The highest BCUT2D eigenvalue weighted by Crippen LogP contribution is 2.19. The molecule has 0 atom stereocenters. The van der Waals surface area contributed by atoms with Gasteiger partial charge in [0.05, 0.1) is 12.8 Å². The van der Waals surface area contributed by atoms with Crippen LogP contribution in [0.15, 0.2) is 78.3 Å². The zero-order chi connectivity index (χ0) is 29.0. The van der Waals surface area contributed by atoms with Crippen LogP contribution in [-0.4, -0.2) is 45.9 Å². The van der Waals surface area contributed by atoms with E-state index in [1.807, 2.05) is 78.6 Å². The Morgan fingerprint density at radius 3 is 2.37 bits per heavy atom. The SMILES string of the molecule is CB(O)N(C)Cc1cccc(CC(=O)Nc2nnc(CCCCC3=CC=C(NC(=O)Cc4ccccc4)NN3)s2)c1. The van der Waals surface area contributed by atoms with E-state index in [1.165, 1.54) is 11.3 Å². The Morgan fingerprint density at radius 1 is 0.902 bits per heavy atom. The number of benzene rings is 2. The summed E-state index contributed by atoms with van der Waals surface area (Å²) in [6, 6.07) is 17.4. The van der Waals surface area contributed by atoms with Gasteiger partial charge in [-0.15, -0.1) is 10.2 Å². The van der Waals surface area contributed by atoms with Crippen molar-refractivity contribution in [1.82, 2.24) is 31.2 Å². The number of anilines is 1. The molecule has 0 radical (unpaired) electrons. The van der Waals surface area contributed by atoms with Gasteiger partial charge in [0.25, 0.3) is 0 Å². The largest absolute Gasteiger partial charge is 0.437 e. The van der Waals surface area contributed by atoms with Crippen molar-refractivity contribution in [3.05, 3.63) is 100.0 Å². The van der Waals surface area contributed by atoms with E-state index < -0.39 is 7.05 Å². The summed E-state index contributed by atoms with van der Waals surface area (Å²) in [5.41, 5.74) is 10.1. The van der Waals surface area contributed by atoms with Gasteiger partial charge >= 0.3 is 7.05 Å². The number of amides is 2. The molecule has 2 amide bonds. The molecule has 214 valence electrons. The average Bonchev–Trinajstić information content (AvgIpc) is 3.39. The van der Waals surface area contributed by atoms with Gasteiger partial charge in [-0.2, -0.15) is 0 Å². The molecule has 12 heteroatoms. The van der Waals surface area contributed by atoms with E-state index in [2.05, 4.69) is 31.7 Å². The molecule has 1 aliphatic heterocycles. The number of hydrogen-bond donors (Lipinski definition) is 5. The number of rotatable bonds is 14. The van der Waals surface area contributed by atoms with E-state index in [0.29, 0.717) is 23.9 Å². The van der Waals surface area contributed by atoms with E-state index in [9.17, 15) is 14.6 Å². The monoisotopic (exact) mass is 573 g/mol. The molecule has 0 unspecified atom stereocenters. The lowest BCUT2D eigenvalue weighted by atomic mass is 9.85. The Bertz CT molecular complexity index is 1380. The Labute approximate surface area is 245 Å². The smallest absolute Gasteiger partial charge is 0.376 e. The fourth-order valence-corrected chi connectivity index (χ4v) is 5.01. The second-order valence-corrected chi connectivity index (χ2v) is 11.1. The van der Waals surface area contributed by atoms with E-state index >= 15 is 0 Å². The van der Waals surface area contributed by atoms with E-state index in [4.69, 9.17) is 0 Å². The van der Waals surface area contributed by atoms with Crippen LogP contribution < -0.4 is 21.5 Å². The average molecular weight is 574 g/mol. The standard InChI is InChI=1S/C29H36BN7O3S/c1-30(40)37(2)20-23-12-8-11-22(17-23)19-27(39)32-29-36-35-28(41-29)14-7-6-13-24-15-16-25(34-33-24)31-26(38)18-21-9-4-3-5-10-21/h3-5,8-12,15-17,33-34,40H,6-7,13-14,18-20H2,1-2H3,(H,31,38)(H,32,36,39). The first-order valence-corrected chi connectivity index (χ1v) is 14.5. The minimum atomic E-state index is -0.539. The van der Waals surface area contributed by atoms with Crippen molar-refractivity contribution in [2.24, 2.45) is 0 Å². The molecule has 10 nitrogen and oxygen atoms in total. The second kappa shape index (κ2) is 15.1. The third-order valence-electron chi connectivity index (χ3n) is 6.52. The predicted octanol–water partition coefficient (Wildman–Crippen LogP) is 3.17. The minimum Gasteiger partial charge on any atom is -0.437 e. The van der Waals surface area contributed by atoms with Crippen LogP contribution >= 0.6 is 11.3 Å². The first-order valence-electron chi connectivity index (χ1n) is 13.7. The Kier molecular flexibility index (Phi) is 11.1. The molecule has 1 aliphatic rings. The summed E-state index contributed by atoms with van der Waals surface area (Å²) >= 11 is 1.40. The van der Waals surface area contributed by atoms with E-state index in [1.54, 1.807) is 6.82 Å². The van der Waals surface area contributed by atoms with Gasteiger partial charge < -0.3 is 25.9 Å². The van der Waals surface area contributed by atoms with Crippen LogP contribution in [-0.2, 0) is 35.4 Å². The number of nitrogens with zero attached hydrogens (tertiary/aromatic N) is 3. The molecular weight excluding hydrogens is 537 g/mol. The Morgan fingerprint density at radius 2 is 1.61 bits per heavy atom. The first kappa shape index (κ1) is 30.0. The van der Waals surface area contributed by atoms with Crippen LogP contribution in [0.1, 0.15) is 41.0 Å². The molecule has 0 saturated heterocycles. The lowest BCUT2D eigenvalue weighted by Gasteiger charge is -2.20. The van der Waals surface area contributed by atoms with Crippen LogP contribution in [0.25, 0.3) is 0 Å². The van der Waals surface area contributed by atoms with Crippen molar-refractivity contribution >= 4 is 35.3 Å². The second-order valence-electron chi connectivity index (χ2n) is 10.0. The fourth-order valence-electron chi connectivity index (χ4n) is 4.21. The molecule has 0 fully saturated rings. The normalized spacial score (nSPS) is 12.6. The number of hydrogen-bond acceptors (Lipinski definition) is 9. The van der Waals surface area contributed by atoms with E-state index in [0.717, 1.165) is 53.1 Å². The molecule has 4 rings (SSSR count). The molecule has 0 spiro atoms. The highest BCUT2D eigenvalue weighted by molar-refractivity contribution is 7.15. The van der Waals surface area contributed by atoms with Crippen molar-refractivity contribution in [1.29, 1.82) is 0 Å². The molecule has 0 saturated carbocycles. The number of nitrogens with one attached hydrogen (secondary N) is 4. The predicted molar refractivity (Wildman–Crippen MR) is 162 cm³/mol. The Balaban J connectivity index is 1.14. The number of allylic oxidation sites excluding steroid dienone is 3. The van der Waals surface area contributed by atoms with Crippen LogP contribution in [0.2, 0.25) is 6.82 Å². The summed E-state index contributed by atoms with van der Waals surface area (Å²) in [7, 11) is 1.31. The molecule has 2 heterocycles. The molecule has 0 aliphatic carbocycles.